The van der Waals surface area contributed by atoms with E-state index in [1.54, 1.807) is 11.3 Å². The molecular formula is C18H16N2OS. The summed E-state index contributed by atoms with van der Waals surface area (Å²) in [6, 6.07) is 12.0. The Labute approximate surface area is 133 Å². The van der Waals surface area contributed by atoms with Crippen molar-refractivity contribution in [1.29, 1.82) is 0 Å². The highest BCUT2D eigenvalue weighted by Gasteiger charge is 2.37. The standard InChI is InChI=1S/C18H16N2OS/c1-11-18-15(20-14-6-3-2-5-13(14)19-11)9-12(10-16(18)21)17-7-4-8-22-17/h2-8,12,18H,9-10H2,1H3/t12-,18+/m1/s1. The number of hydrogen-bond donors (Lipinski definition) is 0. The molecule has 0 bridgehead atoms. The Hall–Kier alpha value is -2.07. The van der Waals surface area contributed by atoms with Crippen molar-refractivity contribution >= 4 is 39.9 Å². The average molecular weight is 308 g/mol. The Morgan fingerprint density at radius 2 is 1.82 bits per heavy atom. The first-order valence-electron chi connectivity index (χ1n) is 7.50. The van der Waals surface area contributed by atoms with Crippen molar-refractivity contribution in [1.82, 2.24) is 0 Å². The highest BCUT2D eigenvalue weighted by atomic mass is 32.1. The lowest BCUT2D eigenvalue weighted by molar-refractivity contribution is -0.120. The van der Waals surface area contributed by atoms with Gasteiger partial charge < -0.3 is 0 Å². The summed E-state index contributed by atoms with van der Waals surface area (Å²) in [5, 5.41) is 2.07. The van der Waals surface area contributed by atoms with Crippen molar-refractivity contribution in [2.75, 3.05) is 0 Å². The van der Waals surface area contributed by atoms with Crippen molar-refractivity contribution in [3.05, 3.63) is 46.7 Å². The molecule has 1 aliphatic carbocycles. The van der Waals surface area contributed by atoms with E-state index in [0.29, 0.717) is 6.42 Å². The number of Topliss-reactive ketones (excluding diaryl/α,β-unsaturated/α-hetero) is 1. The molecule has 0 radical (unpaired) electrons. The molecule has 2 aromatic rings. The summed E-state index contributed by atoms with van der Waals surface area (Å²) in [6.45, 7) is 1.95. The summed E-state index contributed by atoms with van der Waals surface area (Å²) in [5.74, 6) is 0.279. The molecule has 4 rings (SSSR count). The molecule has 110 valence electrons. The number of nitrogens with zero attached hydrogens (tertiary/aromatic N) is 2. The van der Waals surface area contributed by atoms with E-state index >= 15 is 0 Å². The molecule has 0 saturated heterocycles. The number of thiophene rings is 1. The van der Waals surface area contributed by atoms with Crippen LogP contribution in [-0.4, -0.2) is 17.2 Å². The smallest absolute Gasteiger partial charge is 0.147 e. The average Bonchev–Trinajstić information content (AvgIpc) is 2.98. The third-order valence-corrected chi connectivity index (χ3v) is 5.40. The largest absolute Gasteiger partial charge is 0.299 e. The van der Waals surface area contributed by atoms with E-state index in [0.717, 1.165) is 29.2 Å². The van der Waals surface area contributed by atoms with Crippen LogP contribution < -0.4 is 0 Å². The minimum absolute atomic E-state index is 0.233. The number of carbonyl (C=O) groups is 1. The van der Waals surface area contributed by atoms with Gasteiger partial charge in [0, 0.05) is 28.6 Å². The summed E-state index contributed by atoms with van der Waals surface area (Å²) in [6.07, 6.45) is 1.44. The van der Waals surface area contributed by atoms with Crippen LogP contribution in [0.1, 0.15) is 30.6 Å². The molecule has 0 N–H and O–H groups in total. The maximum Gasteiger partial charge on any atom is 0.147 e. The van der Waals surface area contributed by atoms with Gasteiger partial charge in [-0.2, -0.15) is 0 Å². The van der Waals surface area contributed by atoms with Crippen molar-refractivity contribution in [3.8, 4) is 0 Å². The van der Waals surface area contributed by atoms with E-state index in [4.69, 9.17) is 4.99 Å². The van der Waals surface area contributed by atoms with Crippen molar-refractivity contribution in [3.63, 3.8) is 0 Å². The topological polar surface area (TPSA) is 41.8 Å². The summed E-state index contributed by atoms with van der Waals surface area (Å²) in [4.78, 5) is 23.4. The zero-order valence-corrected chi connectivity index (χ0v) is 13.1. The quantitative estimate of drug-likeness (QED) is 0.753. The fraction of sp³-hybridized carbons (Fsp3) is 0.278. The molecular weight excluding hydrogens is 292 g/mol. The predicted octanol–water partition coefficient (Wildman–Crippen LogP) is 4.69. The fourth-order valence-corrected chi connectivity index (χ4v) is 4.19. The van der Waals surface area contributed by atoms with Crippen LogP contribution in [0, 0.1) is 5.92 Å². The van der Waals surface area contributed by atoms with Gasteiger partial charge in [-0.15, -0.1) is 11.3 Å². The highest BCUT2D eigenvalue weighted by Crippen LogP contribution is 2.39. The molecule has 1 aliphatic heterocycles. The third-order valence-electron chi connectivity index (χ3n) is 4.36. The molecule has 0 amide bonds. The number of para-hydroxylation sites is 2. The summed E-state index contributed by atoms with van der Waals surface area (Å²) in [7, 11) is 0. The zero-order chi connectivity index (χ0) is 15.1. The number of carbonyl (C=O) groups excluding carboxylic acids is 1. The van der Waals surface area contributed by atoms with Gasteiger partial charge in [0.1, 0.15) is 5.78 Å². The minimum Gasteiger partial charge on any atom is -0.299 e. The van der Waals surface area contributed by atoms with Crippen molar-refractivity contribution in [2.45, 2.75) is 25.7 Å². The first-order chi connectivity index (χ1) is 10.7. The second-order valence-electron chi connectivity index (χ2n) is 5.86. The lowest BCUT2D eigenvalue weighted by Gasteiger charge is -2.28. The van der Waals surface area contributed by atoms with Crippen molar-refractivity contribution in [2.24, 2.45) is 15.9 Å². The van der Waals surface area contributed by atoms with E-state index in [9.17, 15) is 4.79 Å². The Morgan fingerprint density at radius 3 is 2.55 bits per heavy atom. The molecule has 2 heterocycles. The number of rotatable bonds is 1. The van der Waals surface area contributed by atoms with Gasteiger partial charge in [0.15, 0.2) is 0 Å². The van der Waals surface area contributed by atoms with Gasteiger partial charge in [-0.1, -0.05) is 18.2 Å². The van der Waals surface area contributed by atoms with Gasteiger partial charge in [-0.3, -0.25) is 14.8 Å². The molecule has 1 saturated carbocycles. The lowest BCUT2D eigenvalue weighted by atomic mass is 9.77. The SMILES string of the molecule is CC1=Nc2ccccc2N=C2C[C@@H](c3cccs3)CC(=O)[C@@H]12. The number of benzene rings is 1. The van der Waals surface area contributed by atoms with Gasteiger partial charge in [0.05, 0.1) is 17.3 Å². The fourth-order valence-electron chi connectivity index (χ4n) is 3.36. The van der Waals surface area contributed by atoms with Crippen LogP contribution in [0.4, 0.5) is 11.4 Å². The van der Waals surface area contributed by atoms with E-state index in [1.165, 1.54) is 4.88 Å². The van der Waals surface area contributed by atoms with E-state index in [2.05, 4.69) is 16.4 Å². The third kappa shape index (κ3) is 2.24. The second-order valence-corrected chi connectivity index (χ2v) is 6.84. The molecule has 4 heteroatoms. The Morgan fingerprint density at radius 1 is 1.05 bits per heavy atom. The number of aliphatic imine (C=N–C) groups is 2. The van der Waals surface area contributed by atoms with Gasteiger partial charge >= 0.3 is 0 Å². The second kappa shape index (κ2) is 5.29. The van der Waals surface area contributed by atoms with Gasteiger partial charge in [0.25, 0.3) is 0 Å². The summed E-state index contributed by atoms with van der Waals surface area (Å²) < 4.78 is 0. The van der Waals surface area contributed by atoms with Crippen LogP contribution in [0.25, 0.3) is 0 Å². The molecule has 0 unspecified atom stereocenters. The molecule has 1 fully saturated rings. The van der Waals surface area contributed by atoms with Gasteiger partial charge in [-0.25, -0.2) is 0 Å². The predicted molar refractivity (Wildman–Crippen MR) is 91.1 cm³/mol. The van der Waals surface area contributed by atoms with Crippen LogP contribution in [0.15, 0.2) is 51.8 Å². The maximum absolute atomic E-state index is 12.7. The Balaban J connectivity index is 1.79. The summed E-state index contributed by atoms with van der Waals surface area (Å²) >= 11 is 1.73. The molecule has 1 aromatic carbocycles. The zero-order valence-electron chi connectivity index (χ0n) is 12.3. The monoisotopic (exact) mass is 308 g/mol. The molecule has 0 spiro atoms. The molecule has 1 aromatic heterocycles. The Kier molecular flexibility index (Phi) is 3.26. The molecule has 2 aliphatic rings. The Bertz CT molecular complexity index is 789. The van der Waals surface area contributed by atoms with Gasteiger partial charge in [0.2, 0.25) is 0 Å². The minimum atomic E-state index is -0.233. The van der Waals surface area contributed by atoms with Crippen LogP contribution >= 0.6 is 11.3 Å². The molecule has 22 heavy (non-hydrogen) atoms. The molecule has 2 atom stereocenters. The van der Waals surface area contributed by atoms with Gasteiger partial charge in [-0.05, 0) is 36.9 Å². The number of fused-ring (bicyclic) bond motifs is 2. The first kappa shape index (κ1) is 13.6. The molecule has 3 nitrogen and oxygen atoms in total. The summed E-state index contributed by atoms with van der Waals surface area (Å²) in [5.41, 5.74) is 3.58. The van der Waals surface area contributed by atoms with E-state index < -0.39 is 0 Å². The van der Waals surface area contributed by atoms with Crippen LogP contribution in [0.3, 0.4) is 0 Å². The van der Waals surface area contributed by atoms with E-state index in [-0.39, 0.29) is 17.6 Å². The van der Waals surface area contributed by atoms with Crippen molar-refractivity contribution < 1.29 is 4.79 Å². The lowest BCUT2D eigenvalue weighted by Crippen LogP contribution is -2.36. The van der Waals surface area contributed by atoms with Crippen LogP contribution in [-0.2, 0) is 4.79 Å². The number of ketones is 1. The van der Waals surface area contributed by atoms with Crippen LogP contribution in [0.5, 0.6) is 0 Å². The highest BCUT2D eigenvalue weighted by molar-refractivity contribution is 7.10. The van der Waals surface area contributed by atoms with Crippen LogP contribution in [0.2, 0.25) is 0 Å². The normalized spacial score (nSPS) is 24.0. The first-order valence-corrected chi connectivity index (χ1v) is 8.38. The van der Waals surface area contributed by atoms with E-state index in [1.807, 2.05) is 37.3 Å². The maximum atomic E-state index is 12.7. The number of hydrogen-bond acceptors (Lipinski definition) is 4.